The summed E-state index contributed by atoms with van der Waals surface area (Å²) in [5, 5.41) is 6.52. The van der Waals surface area contributed by atoms with Crippen LogP contribution in [-0.2, 0) is 9.63 Å². The highest BCUT2D eigenvalue weighted by Gasteiger charge is 2.26. The van der Waals surface area contributed by atoms with E-state index < -0.39 is 0 Å². The van der Waals surface area contributed by atoms with Crippen LogP contribution in [0.4, 0.5) is 0 Å². The second-order valence-electron chi connectivity index (χ2n) is 5.43. The zero-order valence-corrected chi connectivity index (χ0v) is 14.0. The van der Waals surface area contributed by atoms with Crippen molar-refractivity contribution in [3.63, 3.8) is 0 Å². The molecule has 0 atom stereocenters. The smallest absolute Gasteiger partial charge is 0.273 e. The van der Waals surface area contributed by atoms with Crippen LogP contribution in [0.3, 0.4) is 0 Å². The summed E-state index contributed by atoms with van der Waals surface area (Å²) in [7, 11) is 3.00. The fourth-order valence-electron chi connectivity index (χ4n) is 2.40. The van der Waals surface area contributed by atoms with E-state index in [2.05, 4.69) is 24.3 Å². The molecule has 0 aliphatic heterocycles. The number of benzene rings is 1. The van der Waals surface area contributed by atoms with Gasteiger partial charge in [-0.25, -0.2) is 0 Å². The minimum Gasteiger partial charge on any atom is -0.461 e. The molecule has 0 saturated heterocycles. The maximum Gasteiger partial charge on any atom is 0.273 e. The molecule has 2 rings (SSSR count). The van der Waals surface area contributed by atoms with Crippen LogP contribution in [0.25, 0.3) is 0 Å². The second kappa shape index (κ2) is 7.63. The monoisotopic (exact) mass is 314 g/mol. The Bertz CT molecular complexity index is 673. The zero-order valence-electron chi connectivity index (χ0n) is 14.0. The van der Waals surface area contributed by atoms with Gasteiger partial charge in [-0.15, -0.1) is 0 Å². The number of rotatable bonds is 5. The number of para-hydroxylation sites is 1. The molecule has 1 aromatic rings. The van der Waals surface area contributed by atoms with Gasteiger partial charge in [0.05, 0.1) is 0 Å². The lowest BCUT2D eigenvalue weighted by atomic mass is 9.89. The molecule has 0 bridgehead atoms. The molecule has 0 heterocycles. The van der Waals surface area contributed by atoms with Crippen LogP contribution in [0.1, 0.15) is 26.7 Å². The Balaban J connectivity index is 2.44. The quantitative estimate of drug-likeness (QED) is 0.516. The predicted molar refractivity (Wildman–Crippen MR) is 90.2 cm³/mol. The number of hydrogen-bond donors (Lipinski definition) is 1. The first-order valence-corrected chi connectivity index (χ1v) is 7.50. The van der Waals surface area contributed by atoms with Gasteiger partial charge in [-0.2, -0.15) is 0 Å². The molecule has 1 aliphatic carbocycles. The third kappa shape index (κ3) is 4.00. The Morgan fingerprint density at radius 1 is 1.13 bits per heavy atom. The van der Waals surface area contributed by atoms with Crippen LogP contribution in [0.2, 0.25) is 0 Å². The molecule has 0 aromatic heterocycles. The molecule has 0 saturated carbocycles. The molecule has 122 valence electrons. The number of carbonyl (C=O) groups excluding carboxylic acids is 1. The summed E-state index contributed by atoms with van der Waals surface area (Å²) < 4.78 is 6.04. The SMILES string of the molecule is CNC(=O)/C(=N\OC)C1=C(Oc2ccccc2)CC(C)=C(C)C1. The number of hydrogen-bond acceptors (Lipinski definition) is 4. The molecule has 5 nitrogen and oxygen atoms in total. The van der Waals surface area contributed by atoms with Gasteiger partial charge in [-0.05, 0) is 32.4 Å². The standard InChI is InChI=1S/C18H22N2O3/c1-12-10-15(17(20-22-4)18(21)19-3)16(11-13(12)2)23-14-8-6-5-7-9-14/h5-9H,10-11H2,1-4H3,(H,19,21)/b20-17-. The van der Waals surface area contributed by atoms with E-state index in [9.17, 15) is 4.79 Å². The summed E-state index contributed by atoms with van der Waals surface area (Å²) in [4.78, 5) is 17.0. The second-order valence-corrected chi connectivity index (χ2v) is 5.43. The van der Waals surface area contributed by atoms with E-state index >= 15 is 0 Å². The van der Waals surface area contributed by atoms with E-state index in [0.29, 0.717) is 12.8 Å². The summed E-state index contributed by atoms with van der Waals surface area (Å²) in [5.41, 5.74) is 3.48. The molecule has 23 heavy (non-hydrogen) atoms. The van der Waals surface area contributed by atoms with E-state index in [4.69, 9.17) is 9.57 Å². The molecule has 0 fully saturated rings. The maximum atomic E-state index is 12.2. The summed E-state index contributed by atoms with van der Waals surface area (Å²) in [6, 6.07) is 9.53. The van der Waals surface area contributed by atoms with Crippen LogP contribution in [-0.4, -0.2) is 25.8 Å². The Morgan fingerprint density at radius 2 is 1.78 bits per heavy atom. The van der Waals surface area contributed by atoms with Gasteiger partial charge in [0.2, 0.25) is 0 Å². The highest BCUT2D eigenvalue weighted by atomic mass is 16.6. The molecule has 1 aromatic carbocycles. The first kappa shape index (κ1) is 16.8. The lowest BCUT2D eigenvalue weighted by Crippen LogP contribution is -2.31. The molecule has 0 radical (unpaired) electrons. The number of carbonyl (C=O) groups is 1. The van der Waals surface area contributed by atoms with Crippen molar-refractivity contribution in [3.8, 4) is 5.75 Å². The van der Waals surface area contributed by atoms with Gasteiger partial charge in [0, 0.05) is 19.0 Å². The van der Waals surface area contributed by atoms with Crippen LogP contribution < -0.4 is 10.1 Å². The van der Waals surface area contributed by atoms with E-state index in [0.717, 1.165) is 17.1 Å². The van der Waals surface area contributed by atoms with E-state index in [-0.39, 0.29) is 11.6 Å². The van der Waals surface area contributed by atoms with Gasteiger partial charge >= 0.3 is 0 Å². The first-order valence-electron chi connectivity index (χ1n) is 7.50. The molecule has 1 amide bonds. The van der Waals surface area contributed by atoms with Crippen molar-refractivity contribution in [1.29, 1.82) is 0 Å². The van der Waals surface area contributed by atoms with Crippen LogP contribution >= 0.6 is 0 Å². The minimum atomic E-state index is -0.289. The highest BCUT2D eigenvalue weighted by Crippen LogP contribution is 2.32. The van der Waals surface area contributed by atoms with Crippen molar-refractivity contribution in [2.24, 2.45) is 5.16 Å². The third-order valence-electron chi connectivity index (χ3n) is 3.83. The number of amides is 1. The summed E-state index contributed by atoms with van der Waals surface area (Å²) in [6.07, 6.45) is 1.26. The Kier molecular flexibility index (Phi) is 5.57. The minimum absolute atomic E-state index is 0.257. The molecule has 1 N–H and O–H groups in total. The van der Waals surface area contributed by atoms with Crippen molar-refractivity contribution < 1.29 is 14.4 Å². The predicted octanol–water partition coefficient (Wildman–Crippen LogP) is 3.20. The lowest BCUT2D eigenvalue weighted by molar-refractivity contribution is -0.114. The van der Waals surface area contributed by atoms with Crippen molar-refractivity contribution in [2.45, 2.75) is 26.7 Å². The van der Waals surface area contributed by atoms with Crippen molar-refractivity contribution >= 4 is 11.6 Å². The molecule has 1 aliphatic rings. The summed E-state index contributed by atoms with van der Waals surface area (Å²) in [5.74, 6) is 1.18. The molecular weight excluding hydrogens is 292 g/mol. The highest BCUT2D eigenvalue weighted by molar-refractivity contribution is 6.45. The van der Waals surface area contributed by atoms with E-state index in [1.165, 1.54) is 18.3 Å². The largest absolute Gasteiger partial charge is 0.461 e. The number of ether oxygens (including phenoxy) is 1. The van der Waals surface area contributed by atoms with Gasteiger partial charge < -0.3 is 14.9 Å². The third-order valence-corrected chi connectivity index (χ3v) is 3.83. The molecular formula is C18H22N2O3. The summed E-state index contributed by atoms with van der Waals surface area (Å²) >= 11 is 0. The maximum absolute atomic E-state index is 12.2. The average Bonchev–Trinajstić information content (AvgIpc) is 2.56. The normalized spacial score (nSPS) is 15.6. The van der Waals surface area contributed by atoms with Crippen molar-refractivity contribution in [3.05, 3.63) is 52.8 Å². The fraction of sp³-hybridized carbons (Fsp3) is 0.333. The van der Waals surface area contributed by atoms with E-state index in [1.807, 2.05) is 30.3 Å². The van der Waals surface area contributed by atoms with Crippen LogP contribution in [0.5, 0.6) is 5.75 Å². The number of allylic oxidation sites excluding steroid dienone is 2. The Morgan fingerprint density at radius 3 is 2.39 bits per heavy atom. The zero-order chi connectivity index (χ0) is 16.8. The van der Waals surface area contributed by atoms with Gasteiger partial charge in [-0.1, -0.05) is 34.5 Å². The Hall–Kier alpha value is -2.56. The van der Waals surface area contributed by atoms with Gasteiger partial charge in [-0.3, -0.25) is 4.79 Å². The van der Waals surface area contributed by atoms with Gasteiger partial charge in [0.25, 0.3) is 5.91 Å². The molecule has 0 spiro atoms. The first-order chi connectivity index (χ1) is 11.1. The van der Waals surface area contributed by atoms with Crippen LogP contribution in [0.15, 0.2) is 58.0 Å². The molecule has 5 heteroatoms. The number of oxime groups is 1. The lowest BCUT2D eigenvalue weighted by Gasteiger charge is -2.23. The van der Waals surface area contributed by atoms with Gasteiger partial charge in [0.15, 0.2) is 5.71 Å². The molecule has 0 unspecified atom stereocenters. The van der Waals surface area contributed by atoms with Gasteiger partial charge in [0.1, 0.15) is 18.6 Å². The number of nitrogens with zero attached hydrogens (tertiary/aromatic N) is 1. The average molecular weight is 314 g/mol. The van der Waals surface area contributed by atoms with Crippen molar-refractivity contribution in [2.75, 3.05) is 14.2 Å². The van der Waals surface area contributed by atoms with E-state index in [1.54, 1.807) is 7.05 Å². The topological polar surface area (TPSA) is 59.9 Å². The number of nitrogens with one attached hydrogen (secondary N) is 1. The summed E-state index contributed by atoms with van der Waals surface area (Å²) in [6.45, 7) is 4.14. The van der Waals surface area contributed by atoms with Crippen molar-refractivity contribution in [1.82, 2.24) is 5.32 Å². The van der Waals surface area contributed by atoms with Crippen LogP contribution in [0, 0.1) is 0 Å². The Labute approximate surface area is 136 Å². The fourth-order valence-corrected chi connectivity index (χ4v) is 2.40.